The van der Waals surface area contributed by atoms with Crippen molar-refractivity contribution in [2.45, 2.75) is 24.7 Å². The molecule has 3 heterocycles. The van der Waals surface area contributed by atoms with Crippen molar-refractivity contribution in [2.75, 3.05) is 12.8 Å². The van der Waals surface area contributed by atoms with Crippen LogP contribution in [0.15, 0.2) is 37.4 Å². The molecule has 0 fully saturated rings. The second-order valence-corrected chi connectivity index (χ2v) is 9.60. The largest absolute Gasteiger partial charge is 0.422 e. The van der Waals surface area contributed by atoms with Crippen LogP contribution in [0.4, 0.5) is 0 Å². The number of hydrogen-bond acceptors (Lipinski definition) is 7. The summed E-state index contributed by atoms with van der Waals surface area (Å²) in [4.78, 5) is 33.0. The minimum absolute atomic E-state index is 0.163. The van der Waals surface area contributed by atoms with Gasteiger partial charge in [-0.2, -0.15) is 0 Å². The van der Waals surface area contributed by atoms with Crippen LogP contribution in [0.3, 0.4) is 0 Å². The molecule has 0 radical (unpaired) electrons. The van der Waals surface area contributed by atoms with Crippen LogP contribution >= 0.6 is 23.2 Å². The predicted molar refractivity (Wildman–Crippen MR) is 108 cm³/mol. The fourth-order valence-corrected chi connectivity index (χ4v) is 4.31. The second kappa shape index (κ2) is 7.24. The summed E-state index contributed by atoms with van der Waals surface area (Å²) in [5.41, 5.74) is 0.341. The first-order valence-corrected chi connectivity index (χ1v) is 11.2. The van der Waals surface area contributed by atoms with E-state index in [1.165, 1.54) is 0 Å². The SMILES string of the molecule is CS(=O)(=O)c1nc2c(c(=O)[nH]1)CN(Cc1c(Cl)c3cc(Cl)ccc3oc1=O)CC2. The molecule has 0 aliphatic carbocycles. The van der Waals surface area contributed by atoms with Gasteiger partial charge < -0.3 is 4.42 Å². The van der Waals surface area contributed by atoms with Crippen molar-refractivity contribution in [1.82, 2.24) is 14.9 Å². The van der Waals surface area contributed by atoms with E-state index in [1.54, 1.807) is 18.2 Å². The first-order valence-electron chi connectivity index (χ1n) is 8.58. The number of nitrogens with zero attached hydrogens (tertiary/aromatic N) is 2. The van der Waals surface area contributed by atoms with E-state index in [9.17, 15) is 18.0 Å². The number of sulfone groups is 1. The number of hydrogen-bond donors (Lipinski definition) is 1. The number of halogens is 2. The maximum Gasteiger partial charge on any atom is 0.342 e. The van der Waals surface area contributed by atoms with E-state index in [4.69, 9.17) is 27.6 Å². The lowest BCUT2D eigenvalue weighted by Crippen LogP contribution is -2.37. The Hall–Kier alpha value is -2.20. The summed E-state index contributed by atoms with van der Waals surface area (Å²) in [6.45, 7) is 0.831. The molecule has 1 aliphatic heterocycles. The van der Waals surface area contributed by atoms with E-state index in [0.29, 0.717) is 40.2 Å². The number of aromatic amines is 1. The lowest BCUT2D eigenvalue weighted by Gasteiger charge is -2.27. The first-order chi connectivity index (χ1) is 13.6. The van der Waals surface area contributed by atoms with Gasteiger partial charge in [0.2, 0.25) is 15.0 Å². The maximum atomic E-state index is 12.4. The van der Waals surface area contributed by atoms with Crippen molar-refractivity contribution < 1.29 is 12.8 Å². The quantitative estimate of drug-likeness (QED) is 0.475. The number of rotatable bonds is 3. The van der Waals surface area contributed by atoms with Gasteiger partial charge >= 0.3 is 5.63 Å². The third-order valence-electron chi connectivity index (χ3n) is 4.75. The molecule has 0 spiro atoms. The molecule has 3 aromatic rings. The highest BCUT2D eigenvalue weighted by Gasteiger charge is 2.25. The van der Waals surface area contributed by atoms with Crippen LogP contribution in [-0.4, -0.2) is 36.1 Å². The Morgan fingerprint density at radius 1 is 1.28 bits per heavy atom. The van der Waals surface area contributed by atoms with Gasteiger partial charge in [0.25, 0.3) is 5.56 Å². The molecular formula is C18H15Cl2N3O5S. The van der Waals surface area contributed by atoms with Gasteiger partial charge in [-0.1, -0.05) is 23.2 Å². The van der Waals surface area contributed by atoms with Gasteiger partial charge in [-0.25, -0.2) is 18.2 Å². The van der Waals surface area contributed by atoms with Crippen molar-refractivity contribution in [1.29, 1.82) is 0 Å². The Balaban J connectivity index is 1.68. The topological polar surface area (TPSA) is 113 Å². The van der Waals surface area contributed by atoms with Crippen LogP contribution in [0, 0.1) is 0 Å². The van der Waals surface area contributed by atoms with Gasteiger partial charge in [0.05, 0.1) is 21.8 Å². The molecule has 0 saturated carbocycles. The lowest BCUT2D eigenvalue weighted by atomic mass is 10.1. The Morgan fingerprint density at radius 3 is 2.76 bits per heavy atom. The van der Waals surface area contributed by atoms with E-state index >= 15 is 0 Å². The Bertz CT molecular complexity index is 1360. The third kappa shape index (κ3) is 3.83. The maximum absolute atomic E-state index is 12.4. The highest BCUT2D eigenvalue weighted by Crippen LogP contribution is 2.29. The van der Waals surface area contributed by atoms with Crippen LogP contribution in [0.25, 0.3) is 11.0 Å². The van der Waals surface area contributed by atoms with E-state index in [2.05, 4.69) is 9.97 Å². The molecular weight excluding hydrogens is 441 g/mol. The van der Waals surface area contributed by atoms with Crippen LogP contribution < -0.4 is 11.2 Å². The van der Waals surface area contributed by atoms with E-state index in [0.717, 1.165) is 6.26 Å². The minimum atomic E-state index is -3.62. The number of fused-ring (bicyclic) bond motifs is 2. The molecule has 4 rings (SSSR count). The zero-order chi connectivity index (χ0) is 20.9. The van der Waals surface area contributed by atoms with Crippen LogP contribution in [0.2, 0.25) is 10.0 Å². The predicted octanol–water partition coefficient (Wildman–Crippen LogP) is 2.14. The highest BCUT2D eigenvalue weighted by molar-refractivity contribution is 7.90. The molecule has 0 amide bonds. The Kier molecular flexibility index (Phi) is 5.02. The van der Waals surface area contributed by atoms with Crippen LogP contribution in [0.1, 0.15) is 16.8 Å². The summed E-state index contributed by atoms with van der Waals surface area (Å²) in [5, 5.41) is 0.905. The minimum Gasteiger partial charge on any atom is -0.422 e. The summed E-state index contributed by atoms with van der Waals surface area (Å²) in [7, 11) is -3.62. The molecule has 29 heavy (non-hydrogen) atoms. The number of benzene rings is 1. The lowest BCUT2D eigenvalue weighted by molar-refractivity contribution is 0.238. The number of nitrogens with one attached hydrogen (secondary N) is 1. The summed E-state index contributed by atoms with van der Waals surface area (Å²) in [6.07, 6.45) is 1.35. The fraction of sp³-hybridized carbons (Fsp3) is 0.278. The number of aromatic nitrogens is 2. The van der Waals surface area contributed by atoms with Gasteiger partial charge in [-0.3, -0.25) is 14.7 Å². The van der Waals surface area contributed by atoms with Crippen molar-refractivity contribution in [2.24, 2.45) is 0 Å². The third-order valence-corrected chi connectivity index (χ3v) is 6.31. The molecule has 0 bridgehead atoms. The van der Waals surface area contributed by atoms with Crippen molar-refractivity contribution >= 4 is 44.0 Å². The molecule has 0 unspecified atom stereocenters. The molecule has 0 atom stereocenters. The van der Waals surface area contributed by atoms with Crippen molar-refractivity contribution in [3.05, 3.63) is 65.8 Å². The van der Waals surface area contributed by atoms with Crippen LogP contribution in [0.5, 0.6) is 0 Å². The van der Waals surface area contributed by atoms with Crippen LogP contribution in [-0.2, 0) is 29.3 Å². The highest BCUT2D eigenvalue weighted by atomic mass is 35.5. The fourth-order valence-electron chi connectivity index (χ4n) is 3.30. The molecule has 0 saturated heterocycles. The van der Waals surface area contributed by atoms with Gasteiger partial charge in [0.15, 0.2) is 0 Å². The molecule has 1 N–H and O–H groups in total. The molecule has 11 heteroatoms. The standard InChI is InChI=1S/C18H15Cl2N3O5S/c1-29(26,27)18-21-13-4-5-23(7-11(13)16(24)22-18)8-12-15(20)10-6-9(19)2-3-14(10)28-17(12)25/h2-3,6H,4-5,7-8H2,1H3,(H,21,22,24). The second-order valence-electron chi connectivity index (χ2n) is 6.85. The van der Waals surface area contributed by atoms with E-state index < -0.39 is 21.0 Å². The molecule has 152 valence electrons. The Morgan fingerprint density at radius 2 is 2.03 bits per heavy atom. The zero-order valence-electron chi connectivity index (χ0n) is 15.2. The zero-order valence-corrected chi connectivity index (χ0v) is 17.5. The van der Waals surface area contributed by atoms with Gasteiger partial charge in [-0.15, -0.1) is 0 Å². The normalized spacial score (nSPS) is 14.9. The summed E-state index contributed by atoms with van der Waals surface area (Å²) in [5.74, 6) is 0. The molecule has 1 aromatic carbocycles. The van der Waals surface area contributed by atoms with Crippen molar-refractivity contribution in [3.8, 4) is 0 Å². The smallest absolute Gasteiger partial charge is 0.342 e. The summed E-state index contributed by atoms with van der Waals surface area (Å²) >= 11 is 12.5. The average molecular weight is 456 g/mol. The number of H-pyrrole nitrogens is 1. The van der Waals surface area contributed by atoms with Gasteiger partial charge in [-0.05, 0) is 18.2 Å². The summed E-state index contributed by atoms with van der Waals surface area (Å²) < 4.78 is 28.7. The molecule has 2 aromatic heterocycles. The van der Waals surface area contributed by atoms with Gasteiger partial charge in [0.1, 0.15) is 5.58 Å². The molecule has 8 nitrogen and oxygen atoms in total. The monoisotopic (exact) mass is 455 g/mol. The first kappa shape index (κ1) is 20.1. The van der Waals surface area contributed by atoms with E-state index in [1.807, 2.05) is 4.90 Å². The van der Waals surface area contributed by atoms with Gasteiger partial charge in [0, 0.05) is 42.7 Å². The van der Waals surface area contributed by atoms with E-state index in [-0.39, 0.29) is 28.8 Å². The Labute approximate surface area is 175 Å². The summed E-state index contributed by atoms with van der Waals surface area (Å²) in [6, 6.07) is 4.81. The average Bonchev–Trinajstić information content (AvgIpc) is 2.65. The van der Waals surface area contributed by atoms with Crippen molar-refractivity contribution in [3.63, 3.8) is 0 Å². The molecule has 1 aliphatic rings.